The first kappa shape index (κ1) is 18.1. The van der Waals surface area contributed by atoms with Gasteiger partial charge in [-0.3, -0.25) is 0 Å². The third-order valence-corrected chi connectivity index (χ3v) is 5.54. The highest BCUT2D eigenvalue weighted by Crippen LogP contribution is 2.20. The molecule has 24 heavy (non-hydrogen) atoms. The van der Waals surface area contributed by atoms with Gasteiger partial charge in [-0.05, 0) is 36.8 Å². The summed E-state index contributed by atoms with van der Waals surface area (Å²) in [6, 6.07) is 14.2. The van der Waals surface area contributed by atoms with Crippen molar-refractivity contribution in [3.05, 3.63) is 59.7 Å². The zero-order chi connectivity index (χ0) is 17.6. The van der Waals surface area contributed by atoms with Crippen LogP contribution in [0.2, 0.25) is 0 Å². The van der Waals surface area contributed by atoms with Crippen molar-refractivity contribution < 1.29 is 13.2 Å². The van der Waals surface area contributed by atoms with E-state index in [-0.39, 0.29) is 18.0 Å². The molecule has 0 atom stereocenters. The number of hydrogen-bond acceptors (Lipinski definition) is 3. The number of benzene rings is 2. The van der Waals surface area contributed by atoms with E-state index >= 15 is 0 Å². The van der Waals surface area contributed by atoms with Gasteiger partial charge in [-0.1, -0.05) is 29.8 Å². The van der Waals surface area contributed by atoms with Crippen molar-refractivity contribution in [1.82, 2.24) is 4.31 Å². The largest absolute Gasteiger partial charge is 0.497 e. The van der Waals surface area contributed by atoms with E-state index in [1.807, 2.05) is 31.2 Å². The first-order valence-electron chi connectivity index (χ1n) is 7.60. The van der Waals surface area contributed by atoms with Gasteiger partial charge in [-0.15, -0.1) is 12.3 Å². The van der Waals surface area contributed by atoms with Crippen molar-refractivity contribution in [3.8, 4) is 18.1 Å². The Balaban J connectivity index is 2.29. The number of aryl methyl sites for hydroxylation is 1. The zero-order valence-corrected chi connectivity index (χ0v) is 14.7. The Morgan fingerprint density at radius 1 is 1.08 bits per heavy atom. The van der Waals surface area contributed by atoms with Crippen LogP contribution < -0.4 is 4.74 Å². The van der Waals surface area contributed by atoms with E-state index in [2.05, 4.69) is 5.92 Å². The summed E-state index contributed by atoms with van der Waals surface area (Å²) in [7, 11) is -2.00. The molecule has 0 radical (unpaired) electrons. The Morgan fingerprint density at radius 2 is 1.71 bits per heavy atom. The smallest absolute Gasteiger partial charge is 0.243 e. The predicted octanol–water partition coefficient (Wildman–Crippen LogP) is 3.22. The summed E-state index contributed by atoms with van der Waals surface area (Å²) < 4.78 is 32.4. The van der Waals surface area contributed by atoms with Crippen molar-refractivity contribution in [2.75, 3.05) is 13.7 Å². The lowest BCUT2D eigenvalue weighted by Crippen LogP contribution is -2.31. The molecule has 0 bridgehead atoms. The molecule has 2 aromatic rings. The highest BCUT2D eigenvalue weighted by Gasteiger charge is 2.24. The first-order valence-corrected chi connectivity index (χ1v) is 9.04. The van der Waals surface area contributed by atoms with E-state index in [0.29, 0.717) is 6.42 Å². The molecule has 4 nitrogen and oxygen atoms in total. The molecule has 5 heteroatoms. The van der Waals surface area contributed by atoms with Crippen LogP contribution in [0.3, 0.4) is 0 Å². The van der Waals surface area contributed by atoms with Crippen LogP contribution in [0.25, 0.3) is 0 Å². The average molecular weight is 343 g/mol. The summed E-state index contributed by atoms with van der Waals surface area (Å²) in [6.07, 6.45) is 5.68. The van der Waals surface area contributed by atoms with Gasteiger partial charge in [0.2, 0.25) is 10.0 Å². The van der Waals surface area contributed by atoms with Crippen LogP contribution in [0.15, 0.2) is 53.4 Å². The third-order valence-electron chi connectivity index (χ3n) is 3.68. The zero-order valence-electron chi connectivity index (χ0n) is 13.9. The summed E-state index contributed by atoms with van der Waals surface area (Å²) >= 11 is 0. The molecule has 0 aliphatic heterocycles. The van der Waals surface area contributed by atoms with Crippen molar-refractivity contribution in [1.29, 1.82) is 0 Å². The molecule has 0 heterocycles. The fourth-order valence-electron chi connectivity index (χ4n) is 2.27. The van der Waals surface area contributed by atoms with E-state index in [1.54, 1.807) is 31.4 Å². The number of rotatable bonds is 7. The number of terminal acetylenes is 1. The Morgan fingerprint density at radius 3 is 2.25 bits per heavy atom. The minimum absolute atomic E-state index is 0.266. The quantitative estimate of drug-likeness (QED) is 0.725. The van der Waals surface area contributed by atoms with Crippen LogP contribution in [-0.4, -0.2) is 26.4 Å². The average Bonchev–Trinajstić information content (AvgIpc) is 2.59. The SMILES string of the molecule is C#CCCN(Cc1ccc(OC)cc1)S(=O)(=O)c1ccc(C)cc1. The molecule has 0 saturated heterocycles. The van der Waals surface area contributed by atoms with Crippen LogP contribution in [0, 0.1) is 19.3 Å². The highest BCUT2D eigenvalue weighted by atomic mass is 32.2. The molecule has 0 aromatic heterocycles. The Bertz CT molecular complexity index is 803. The lowest BCUT2D eigenvalue weighted by Gasteiger charge is -2.22. The molecular weight excluding hydrogens is 322 g/mol. The van der Waals surface area contributed by atoms with Crippen LogP contribution in [0.5, 0.6) is 5.75 Å². The Kier molecular flexibility index (Phi) is 6.02. The standard InChI is InChI=1S/C19H21NO3S/c1-4-5-14-20(15-17-8-10-18(23-3)11-9-17)24(21,22)19-12-6-16(2)7-13-19/h1,6-13H,5,14-15H2,2-3H3. The monoisotopic (exact) mass is 343 g/mol. The summed E-state index contributed by atoms with van der Waals surface area (Å²) in [5, 5.41) is 0. The lowest BCUT2D eigenvalue weighted by atomic mass is 10.2. The van der Waals surface area contributed by atoms with Gasteiger partial charge in [0.15, 0.2) is 0 Å². The third kappa shape index (κ3) is 4.38. The van der Waals surface area contributed by atoms with Crippen molar-refractivity contribution in [2.45, 2.75) is 24.8 Å². The van der Waals surface area contributed by atoms with Crippen LogP contribution in [-0.2, 0) is 16.6 Å². The van der Waals surface area contributed by atoms with Gasteiger partial charge in [-0.25, -0.2) is 8.42 Å². The topological polar surface area (TPSA) is 46.6 Å². The normalized spacial score (nSPS) is 11.2. The summed E-state index contributed by atoms with van der Waals surface area (Å²) in [6.45, 7) is 2.46. The van der Waals surface area contributed by atoms with Crippen molar-refractivity contribution in [2.24, 2.45) is 0 Å². The second-order valence-electron chi connectivity index (χ2n) is 5.45. The number of hydrogen-bond donors (Lipinski definition) is 0. The maximum absolute atomic E-state index is 12.9. The summed E-state index contributed by atoms with van der Waals surface area (Å²) in [5.41, 5.74) is 1.89. The minimum Gasteiger partial charge on any atom is -0.497 e. The molecule has 126 valence electrons. The molecular formula is C19H21NO3S. The first-order chi connectivity index (χ1) is 11.5. The number of sulfonamides is 1. The van der Waals surface area contributed by atoms with E-state index in [0.717, 1.165) is 16.9 Å². The minimum atomic E-state index is -3.60. The van der Waals surface area contributed by atoms with Gasteiger partial charge in [-0.2, -0.15) is 4.31 Å². The predicted molar refractivity (Wildman–Crippen MR) is 95.2 cm³/mol. The van der Waals surface area contributed by atoms with Gasteiger partial charge in [0.1, 0.15) is 5.75 Å². The molecule has 0 N–H and O–H groups in total. The molecule has 0 saturated carbocycles. The molecule has 2 rings (SSSR count). The summed E-state index contributed by atoms with van der Waals surface area (Å²) in [4.78, 5) is 0.277. The second kappa shape index (κ2) is 8.00. The van der Waals surface area contributed by atoms with E-state index in [1.165, 1.54) is 4.31 Å². The second-order valence-corrected chi connectivity index (χ2v) is 7.39. The van der Waals surface area contributed by atoms with E-state index in [9.17, 15) is 8.42 Å². The fourth-order valence-corrected chi connectivity index (χ4v) is 3.70. The van der Waals surface area contributed by atoms with Gasteiger partial charge in [0.25, 0.3) is 0 Å². The highest BCUT2D eigenvalue weighted by molar-refractivity contribution is 7.89. The molecule has 0 unspecified atom stereocenters. The lowest BCUT2D eigenvalue weighted by molar-refractivity contribution is 0.408. The fraction of sp³-hybridized carbons (Fsp3) is 0.263. The van der Waals surface area contributed by atoms with Crippen LogP contribution in [0.4, 0.5) is 0 Å². The molecule has 0 aliphatic carbocycles. The van der Waals surface area contributed by atoms with Crippen molar-refractivity contribution in [3.63, 3.8) is 0 Å². The van der Waals surface area contributed by atoms with Gasteiger partial charge in [0, 0.05) is 19.5 Å². The Labute approximate surface area is 144 Å². The Hall–Kier alpha value is -2.29. The maximum atomic E-state index is 12.9. The van der Waals surface area contributed by atoms with Crippen LogP contribution >= 0.6 is 0 Å². The van der Waals surface area contributed by atoms with E-state index in [4.69, 9.17) is 11.2 Å². The number of ether oxygens (including phenoxy) is 1. The summed E-state index contributed by atoms with van der Waals surface area (Å²) in [5.74, 6) is 3.24. The molecule has 0 spiro atoms. The molecule has 0 aliphatic rings. The molecule has 0 amide bonds. The van der Waals surface area contributed by atoms with E-state index < -0.39 is 10.0 Å². The maximum Gasteiger partial charge on any atom is 0.243 e. The number of methoxy groups -OCH3 is 1. The van der Waals surface area contributed by atoms with Crippen molar-refractivity contribution >= 4 is 10.0 Å². The van der Waals surface area contributed by atoms with Gasteiger partial charge < -0.3 is 4.74 Å². The molecule has 2 aromatic carbocycles. The van der Waals surface area contributed by atoms with Crippen LogP contribution in [0.1, 0.15) is 17.5 Å². The van der Waals surface area contributed by atoms with Gasteiger partial charge in [0.05, 0.1) is 12.0 Å². The van der Waals surface area contributed by atoms with Gasteiger partial charge >= 0.3 is 0 Å². The molecule has 0 fully saturated rings. The number of nitrogens with zero attached hydrogens (tertiary/aromatic N) is 1.